The second-order valence-corrected chi connectivity index (χ2v) is 21.0. The van der Waals surface area contributed by atoms with E-state index in [4.69, 9.17) is 24.2 Å². The van der Waals surface area contributed by atoms with Gasteiger partial charge in [-0.3, -0.25) is 19.1 Å². The fraction of sp³-hybridized carbons (Fsp3) is 0.714. The normalized spacial score (nSPS) is 33.5. The number of carbonyl (C=O) groups excluding carboxylic acids is 4. The number of alkyl halides is 2. The summed E-state index contributed by atoms with van der Waals surface area (Å²) < 4.78 is 74.3. The summed E-state index contributed by atoms with van der Waals surface area (Å²) in [6.07, 6.45) is 2.16. The van der Waals surface area contributed by atoms with Crippen LogP contribution < -0.4 is 24.8 Å². The summed E-state index contributed by atoms with van der Waals surface area (Å²) in [7, 11) is -2.61. The van der Waals surface area contributed by atoms with Gasteiger partial charge in [-0.1, -0.05) is 40.5 Å². The molecular weight excluding hydrogens is 803 g/mol. The van der Waals surface area contributed by atoms with Crippen LogP contribution in [0.15, 0.2) is 18.2 Å². The van der Waals surface area contributed by atoms with Gasteiger partial charge in [0, 0.05) is 12.0 Å². The van der Waals surface area contributed by atoms with E-state index < -0.39 is 92.9 Å². The zero-order valence-corrected chi connectivity index (χ0v) is 35.6. The third kappa shape index (κ3) is 8.20. The molecule has 8 atom stereocenters. The summed E-state index contributed by atoms with van der Waals surface area (Å²) in [5.74, 6) is -3.40. The molecule has 6 fully saturated rings. The molecule has 0 radical (unpaired) electrons. The van der Waals surface area contributed by atoms with Crippen molar-refractivity contribution < 1.29 is 50.6 Å². The second kappa shape index (κ2) is 15.8. The Kier molecular flexibility index (Phi) is 11.2. The molecule has 2 aliphatic heterocycles. The van der Waals surface area contributed by atoms with Crippen molar-refractivity contribution in [3.05, 3.63) is 23.9 Å². The number of alkyl carbamates (subject to hydrolysis) is 1. The van der Waals surface area contributed by atoms with Crippen LogP contribution in [0.1, 0.15) is 97.6 Å². The highest BCUT2D eigenvalue weighted by molar-refractivity contribution is 7.91. The first kappa shape index (κ1) is 42.3. The summed E-state index contributed by atoms with van der Waals surface area (Å²) >= 11 is 0. The minimum atomic E-state index is -4.15. The second-order valence-electron chi connectivity index (χ2n) is 19.0. The third-order valence-electron chi connectivity index (χ3n) is 13.8. The Bertz CT molecular complexity index is 2140. The SMILES string of the molecule is COc1ccc2nc3c(nc2c1)O[C@H]1CN(C(=O)[C@H](C(C)(C)C)NC(=O)O[C@@H]2CC4CC(C4)[C@H]2CCCCC3)[C@H](C(=O)N[C@]2(C(=O)NS(=O)(=O)C3CC3)C[C@H]2C(F)F)[C@@H]1C. The van der Waals surface area contributed by atoms with Gasteiger partial charge in [-0.05, 0) is 93.1 Å². The summed E-state index contributed by atoms with van der Waals surface area (Å²) in [4.78, 5) is 68.0. The number of nitrogens with zero attached hydrogens (tertiary/aromatic N) is 3. The fourth-order valence-electron chi connectivity index (χ4n) is 9.97. The maximum atomic E-state index is 14.9. The maximum Gasteiger partial charge on any atom is 0.408 e. The number of hydrogen-bond donors (Lipinski definition) is 3. The number of ether oxygens (including phenoxy) is 3. The minimum Gasteiger partial charge on any atom is -0.497 e. The summed E-state index contributed by atoms with van der Waals surface area (Å²) in [6.45, 7) is 6.80. The monoisotopic (exact) mass is 858 g/mol. The van der Waals surface area contributed by atoms with E-state index in [-0.39, 0.29) is 24.4 Å². The van der Waals surface area contributed by atoms with Gasteiger partial charge < -0.3 is 29.7 Å². The van der Waals surface area contributed by atoms with E-state index in [1.807, 2.05) is 10.8 Å². The van der Waals surface area contributed by atoms with Crippen LogP contribution in [-0.4, -0.2) is 102 Å². The average molecular weight is 859 g/mol. The van der Waals surface area contributed by atoms with Gasteiger partial charge in [0.05, 0.1) is 35.9 Å². The van der Waals surface area contributed by atoms with E-state index in [0.717, 1.165) is 44.9 Å². The van der Waals surface area contributed by atoms with Crippen LogP contribution in [0.3, 0.4) is 0 Å². The van der Waals surface area contributed by atoms with E-state index >= 15 is 0 Å². The van der Waals surface area contributed by atoms with Crippen LogP contribution in [0.5, 0.6) is 11.6 Å². The van der Waals surface area contributed by atoms with Crippen LogP contribution in [0, 0.1) is 35.0 Å². The van der Waals surface area contributed by atoms with Crippen molar-refractivity contribution in [3.8, 4) is 11.6 Å². The van der Waals surface area contributed by atoms with Gasteiger partial charge >= 0.3 is 6.09 Å². The standard InChI is InChI=1S/C42H56F2N6O9S/c1-21-32-20-50(33(21)36(51)48-42(19-27(42)35(43)44)39(53)49-60(55,56)25-12-13-25)38(52)34(41(2,3)4)47-40(54)59-31-17-22-15-23(16-22)26(31)9-7-6-8-10-29-37(58-32)46-30-18-24(57-5)11-14-28(30)45-29/h11,14,18,21-23,25-27,31-35H,6-10,12-13,15-17,19-20H2,1-5H3,(H,47,54)(H,48,51)(H,49,53)/t21-,22?,23?,26-,27+,31-,32+,33+,34-,42-/m1/s1. The highest BCUT2D eigenvalue weighted by Crippen LogP contribution is 2.52. The summed E-state index contributed by atoms with van der Waals surface area (Å²) in [6, 6.07) is 2.73. The highest BCUT2D eigenvalue weighted by atomic mass is 32.2. The molecule has 5 aliphatic carbocycles. The number of amides is 4. The number of aryl methyl sites for hydroxylation is 1. The molecule has 3 heterocycles. The number of rotatable bonds is 7. The molecule has 4 bridgehead atoms. The van der Waals surface area contributed by atoms with E-state index in [1.165, 1.54) is 4.90 Å². The molecule has 9 rings (SSSR count). The van der Waals surface area contributed by atoms with E-state index in [0.29, 0.717) is 53.6 Å². The highest BCUT2D eigenvalue weighted by Gasteiger charge is 2.67. The number of nitrogens with one attached hydrogen (secondary N) is 3. The first-order valence-corrected chi connectivity index (χ1v) is 22.9. The Balaban J connectivity index is 1.15. The lowest BCUT2D eigenvalue weighted by molar-refractivity contribution is -0.144. The number of fused-ring (bicyclic) bond motifs is 4. The number of halogens is 2. The van der Waals surface area contributed by atoms with Crippen LogP contribution in [0.4, 0.5) is 13.6 Å². The number of benzene rings is 1. The lowest BCUT2D eigenvalue weighted by Gasteiger charge is -2.50. The fourth-order valence-corrected chi connectivity index (χ4v) is 11.3. The van der Waals surface area contributed by atoms with Crippen molar-refractivity contribution in [2.24, 2.45) is 35.0 Å². The lowest BCUT2D eigenvalue weighted by atomic mass is 9.58. The predicted molar refractivity (Wildman–Crippen MR) is 213 cm³/mol. The molecule has 0 spiro atoms. The van der Waals surface area contributed by atoms with Crippen molar-refractivity contribution in [2.45, 2.75) is 140 Å². The average Bonchev–Trinajstić information content (AvgIpc) is 4.10. The lowest BCUT2D eigenvalue weighted by Crippen LogP contribution is -2.61. The Labute approximate surface area is 348 Å². The van der Waals surface area contributed by atoms with Crippen LogP contribution in [0.2, 0.25) is 0 Å². The molecule has 328 valence electrons. The number of hydrogen-bond acceptors (Lipinski definition) is 11. The van der Waals surface area contributed by atoms with Gasteiger partial charge in [-0.15, -0.1) is 0 Å². The molecule has 1 aromatic carbocycles. The Morgan fingerprint density at radius 2 is 1.77 bits per heavy atom. The molecule has 2 aromatic rings. The third-order valence-corrected chi connectivity index (χ3v) is 15.6. The summed E-state index contributed by atoms with van der Waals surface area (Å²) in [5, 5.41) is 4.51. The van der Waals surface area contributed by atoms with Gasteiger partial charge in [0.1, 0.15) is 41.3 Å². The van der Waals surface area contributed by atoms with E-state index in [9.17, 15) is 36.4 Å². The number of methoxy groups -OCH3 is 1. The molecule has 1 aromatic heterocycles. The predicted octanol–water partition coefficient (Wildman–Crippen LogP) is 4.65. The molecule has 18 heteroatoms. The maximum absolute atomic E-state index is 14.9. The first-order chi connectivity index (χ1) is 28.4. The van der Waals surface area contributed by atoms with Crippen molar-refractivity contribution in [3.63, 3.8) is 0 Å². The van der Waals surface area contributed by atoms with E-state index in [2.05, 4.69) is 10.6 Å². The van der Waals surface area contributed by atoms with Gasteiger partial charge in [-0.2, -0.15) is 0 Å². The van der Waals surface area contributed by atoms with Crippen molar-refractivity contribution in [1.82, 2.24) is 30.2 Å². The smallest absolute Gasteiger partial charge is 0.408 e. The molecular formula is C42H56F2N6O9S. The van der Waals surface area contributed by atoms with Crippen LogP contribution in [0.25, 0.3) is 11.0 Å². The van der Waals surface area contributed by atoms with Gasteiger partial charge in [0.2, 0.25) is 34.1 Å². The van der Waals surface area contributed by atoms with Crippen molar-refractivity contribution in [2.75, 3.05) is 13.7 Å². The zero-order chi connectivity index (χ0) is 42.9. The van der Waals surface area contributed by atoms with Crippen LogP contribution in [-0.2, 0) is 35.6 Å². The largest absolute Gasteiger partial charge is 0.497 e. The summed E-state index contributed by atoms with van der Waals surface area (Å²) in [5.41, 5.74) is -1.41. The Morgan fingerprint density at radius 3 is 2.43 bits per heavy atom. The number of aromatic nitrogens is 2. The first-order valence-electron chi connectivity index (χ1n) is 21.3. The number of sulfonamides is 1. The van der Waals surface area contributed by atoms with Crippen LogP contribution >= 0.6 is 0 Å². The molecule has 1 saturated heterocycles. The Morgan fingerprint density at radius 1 is 1.02 bits per heavy atom. The number of carbonyl (C=O) groups is 4. The van der Waals surface area contributed by atoms with Gasteiger partial charge in [0.15, 0.2) is 0 Å². The molecule has 5 saturated carbocycles. The molecule has 3 N–H and O–H groups in total. The zero-order valence-electron chi connectivity index (χ0n) is 34.7. The molecule has 60 heavy (non-hydrogen) atoms. The van der Waals surface area contributed by atoms with Crippen molar-refractivity contribution >= 4 is 44.9 Å². The molecule has 15 nitrogen and oxygen atoms in total. The quantitative estimate of drug-likeness (QED) is 0.351. The van der Waals surface area contributed by atoms with Gasteiger partial charge in [-0.25, -0.2) is 32.0 Å². The topological polar surface area (TPSA) is 195 Å². The molecule has 7 aliphatic rings. The van der Waals surface area contributed by atoms with Gasteiger partial charge in [0.25, 0.3) is 5.91 Å². The molecule has 0 unspecified atom stereocenters. The minimum absolute atomic E-state index is 0.180. The molecule has 4 amide bonds. The van der Waals surface area contributed by atoms with E-state index in [1.54, 1.807) is 46.9 Å². The van der Waals surface area contributed by atoms with Crippen molar-refractivity contribution in [1.29, 1.82) is 0 Å². The Hall–Kier alpha value is -4.35.